The summed E-state index contributed by atoms with van der Waals surface area (Å²) >= 11 is 5.06. The largest absolute Gasteiger partial charge is 0.462 e. The van der Waals surface area contributed by atoms with Gasteiger partial charge in [-0.1, -0.05) is 24.1 Å². The molecule has 37 heavy (non-hydrogen) atoms. The maximum Gasteiger partial charge on any atom is 0.459 e. The van der Waals surface area contributed by atoms with Crippen molar-refractivity contribution in [3.8, 4) is 18.1 Å². The molecule has 0 radical (unpaired) electrons. The van der Waals surface area contributed by atoms with Crippen molar-refractivity contribution < 1.29 is 37.4 Å². The molecule has 0 bridgehead atoms. The molecule has 0 amide bonds. The molecule has 200 valence electrons. The molecule has 1 aromatic heterocycles. The SMILES string of the molecule is C#CC1(COP(=O)(NC(C)C(=O)OC(C)C)Oc2ccccc2)OC(n2ccc(=O)[nH]c2=S)C(F)C1O. The van der Waals surface area contributed by atoms with Gasteiger partial charge >= 0.3 is 13.7 Å². The van der Waals surface area contributed by atoms with Gasteiger partial charge in [-0.25, -0.2) is 8.96 Å². The van der Waals surface area contributed by atoms with E-state index in [-0.39, 0.29) is 10.5 Å². The van der Waals surface area contributed by atoms with Crippen molar-refractivity contribution in [3.05, 3.63) is 57.7 Å². The number of terminal acetylenes is 1. The van der Waals surface area contributed by atoms with Crippen LogP contribution in [0.5, 0.6) is 5.75 Å². The van der Waals surface area contributed by atoms with Crippen LogP contribution in [0.1, 0.15) is 27.0 Å². The minimum absolute atomic E-state index is 0.131. The van der Waals surface area contributed by atoms with Gasteiger partial charge < -0.3 is 19.1 Å². The Balaban J connectivity index is 1.87. The lowest BCUT2D eigenvalue weighted by Gasteiger charge is -2.29. The second-order valence-electron chi connectivity index (χ2n) is 8.46. The Morgan fingerprint density at radius 3 is 2.65 bits per heavy atom. The summed E-state index contributed by atoms with van der Waals surface area (Å²) in [6.45, 7) is 3.88. The quantitative estimate of drug-likeness (QED) is 0.173. The molecule has 6 atom stereocenters. The molecule has 2 aromatic rings. The average molecular weight is 556 g/mol. The van der Waals surface area contributed by atoms with Crippen LogP contribution in [0, 0.1) is 17.1 Å². The third kappa shape index (κ3) is 6.73. The first kappa shape index (κ1) is 28.7. The van der Waals surface area contributed by atoms with Crippen LogP contribution < -0.4 is 15.2 Å². The van der Waals surface area contributed by atoms with Crippen LogP contribution in [0.4, 0.5) is 4.39 Å². The number of nitrogens with one attached hydrogen (secondary N) is 2. The van der Waals surface area contributed by atoms with E-state index < -0.39 is 62.1 Å². The van der Waals surface area contributed by atoms with E-state index >= 15 is 4.39 Å². The smallest absolute Gasteiger partial charge is 0.459 e. The molecule has 0 spiro atoms. The van der Waals surface area contributed by atoms with E-state index in [1.807, 2.05) is 0 Å². The van der Waals surface area contributed by atoms with E-state index in [1.165, 1.54) is 25.3 Å². The van der Waals surface area contributed by atoms with Gasteiger partial charge in [-0.05, 0) is 45.1 Å². The number of carbonyl (C=O) groups is 1. The third-order valence-electron chi connectivity index (χ3n) is 5.23. The molecule has 3 rings (SSSR count). The number of ether oxygens (including phenoxy) is 2. The molecular weight excluding hydrogens is 528 g/mol. The Labute approximate surface area is 217 Å². The standard InChI is InChI=1S/C23H27FN3O8PS/c1-5-23(19(29)18(24)20(34-23)27-12-11-17(28)25-22(27)37)13-32-36(31,35-16-9-7-6-8-10-16)26-15(4)21(30)33-14(2)3/h1,6-12,14-15,18-20,29H,13H2,2-4H3,(H,26,31)(H,25,28,37). The van der Waals surface area contributed by atoms with Crippen LogP contribution in [0.15, 0.2) is 47.4 Å². The molecule has 6 unspecified atom stereocenters. The summed E-state index contributed by atoms with van der Waals surface area (Å²) in [6.07, 6.45) is 0.799. The number of aliphatic hydroxyl groups excluding tert-OH is 1. The Kier molecular flexibility index (Phi) is 9.07. The van der Waals surface area contributed by atoms with Crippen LogP contribution in [-0.4, -0.2) is 57.3 Å². The minimum Gasteiger partial charge on any atom is -0.462 e. The normalized spacial score (nSPS) is 25.7. The molecule has 0 aliphatic carbocycles. The fourth-order valence-electron chi connectivity index (χ4n) is 3.40. The summed E-state index contributed by atoms with van der Waals surface area (Å²) < 4.78 is 51.6. The first-order valence-corrected chi connectivity index (χ1v) is 13.1. The van der Waals surface area contributed by atoms with Crippen LogP contribution >= 0.6 is 20.0 Å². The number of nitrogens with zero attached hydrogens (tertiary/aromatic N) is 1. The van der Waals surface area contributed by atoms with Crippen molar-refractivity contribution in [2.75, 3.05) is 6.61 Å². The molecular formula is C23H27FN3O8PS. The molecule has 1 aliphatic heterocycles. The van der Waals surface area contributed by atoms with E-state index in [1.54, 1.807) is 32.0 Å². The molecule has 11 nitrogen and oxygen atoms in total. The number of aromatic amines is 1. The van der Waals surface area contributed by atoms with Gasteiger partial charge in [0.25, 0.3) is 5.56 Å². The zero-order valence-electron chi connectivity index (χ0n) is 20.2. The number of aromatic nitrogens is 2. The third-order valence-corrected chi connectivity index (χ3v) is 7.16. The Morgan fingerprint density at radius 2 is 2.05 bits per heavy atom. The van der Waals surface area contributed by atoms with Gasteiger partial charge in [-0.3, -0.25) is 23.7 Å². The van der Waals surface area contributed by atoms with E-state index in [4.69, 9.17) is 37.2 Å². The summed E-state index contributed by atoms with van der Waals surface area (Å²) in [4.78, 5) is 26.1. The molecule has 1 fully saturated rings. The summed E-state index contributed by atoms with van der Waals surface area (Å²) in [6, 6.07) is 7.89. The Morgan fingerprint density at radius 1 is 1.38 bits per heavy atom. The van der Waals surface area contributed by atoms with Crippen molar-refractivity contribution in [1.82, 2.24) is 14.6 Å². The molecule has 1 saturated heterocycles. The van der Waals surface area contributed by atoms with Crippen molar-refractivity contribution in [2.45, 2.75) is 57.0 Å². The number of hydrogen-bond acceptors (Lipinski definition) is 9. The number of H-pyrrole nitrogens is 1. The number of carbonyl (C=O) groups excluding carboxylic acids is 1. The Bertz CT molecular complexity index is 1310. The highest BCUT2D eigenvalue weighted by Gasteiger charge is 2.56. The average Bonchev–Trinajstić information content (AvgIpc) is 3.08. The highest BCUT2D eigenvalue weighted by Crippen LogP contribution is 2.48. The second-order valence-corrected chi connectivity index (χ2v) is 10.5. The minimum atomic E-state index is -4.39. The van der Waals surface area contributed by atoms with Crippen molar-refractivity contribution >= 4 is 25.9 Å². The molecule has 1 aliphatic rings. The Hall–Kier alpha value is -2.85. The number of halogens is 1. The van der Waals surface area contributed by atoms with Gasteiger partial charge in [0.1, 0.15) is 24.5 Å². The summed E-state index contributed by atoms with van der Waals surface area (Å²) in [5.74, 6) is 1.58. The molecule has 0 saturated carbocycles. The summed E-state index contributed by atoms with van der Waals surface area (Å²) in [7, 11) is -4.39. The molecule has 2 heterocycles. The number of aliphatic hydroxyl groups is 1. The predicted molar refractivity (Wildman–Crippen MR) is 133 cm³/mol. The first-order valence-electron chi connectivity index (χ1n) is 11.2. The number of esters is 1. The zero-order chi connectivity index (χ0) is 27.4. The number of benzene rings is 1. The fourth-order valence-corrected chi connectivity index (χ4v) is 5.18. The second kappa shape index (κ2) is 11.7. The van der Waals surface area contributed by atoms with Gasteiger partial charge in [0.05, 0.1) is 6.10 Å². The fraction of sp³-hybridized carbons (Fsp3) is 0.435. The van der Waals surface area contributed by atoms with E-state index in [0.29, 0.717) is 0 Å². The first-order chi connectivity index (χ1) is 17.4. The van der Waals surface area contributed by atoms with Gasteiger partial charge in [-0.2, -0.15) is 5.09 Å². The molecule has 3 N–H and O–H groups in total. The van der Waals surface area contributed by atoms with Crippen LogP contribution in [0.3, 0.4) is 0 Å². The van der Waals surface area contributed by atoms with Gasteiger partial charge in [0.2, 0.25) is 0 Å². The maximum absolute atomic E-state index is 15.2. The lowest BCUT2D eigenvalue weighted by atomic mass is 9.98. The van der Waals surface area contributed by atoms with Crippen molar-refractivity contribution in [3.63, 3.8) is 0 Å². The van der Waals surface area contributed by atoms with Crippen LogP contribution in [0.2, 0.25) is 0 Å². The molecule has 14 heteroatoms. The highest BCUT2D eigenvalue weighted by molar-refractivity contribution is 7.71. The zero-order valence-corrected chi connectivity index (χ0v) is 21.9. The number of para-hydroxylation sites is 1. The summed E-state index contributed by atoms with van der Waals surface area (Å²) in [5.41, 5.74) is -2.65. The van der Waals surface area contributed by atoms with Crippen LogP contribution in [0.25, 0.3) is 0 Å². The van der Waals surface area contributed by atoms with E-state index in [2.05, 4.69) is 16.0 Å². The lowest BCUT2D eigenvalue weighted by Crippen LogP contribution is -2.45. The van der Waals surface area contributed by atoms with Gasteiger partial charge in [0.15, 0.2) is 22.8 Å². The van der Waals surface area contributed by atoms with Crippen molar-refractivity contribution in [1.29, 1.82) is 0 Å². The number of hydrogen-bond donors (Lipinski definition) is 3. The van der Waals surface area contributed by atoms with E-state index in [9.17, 15) is 19.3 Å². The molecule has 1 aromatic carbocycles. The van der Waals surface area contributed by atoms with E-state index in [0.717, 1.165) is 10.6 Å². The van der Waals surface area contributed by atoms with Gasteiger partial charge in [-0.15, -0.1) is 6.42 Å². The monoisotopic (exact) mass is 555 g/mol. The predicted octanol–water partition coefficient (Wildman–Crippen LogP) is 2.64. The van der Waals surface area contributed by atoms with Gasteiger partial charge in [0, 0.05) is 12.3 Å². The van der Waals surface area contributed by atoms with Crippen molar-refractivity contribution in [2.24, 2.45) is 0 Å². The summed E-state index contributed by atoms with van der Waals surface area (Å²) in [5, 5.41) is 13.1. The number of alkyl halides is 1. The maximum atomic E-state index is 15.2. The highest BCUT2D eigenvalue weighted by atomic mass is 32.1. The topological polar surface area (TPSA) is 141 Å². The van der Waals surface area contributed by atoms with Crippen LogP contribution in [-0.2, 0) is 23.4 Å². The lowest BCUT2D eigenvalue weighted by molar-refractivity contribution is -0.149. The number of rotatable bonds is 10.